The van der Waals surface area contributed by atoms with E-state index in [9.17, 15) is 0 Å². The first-order valence-corrected chi connectivity index (χ1v) is 6.74. The molecule has 17 heavy (non-hydrogen) atoms. The van der Waals surface area contributed by atoms with Gasteiger partial charge >= 0.3 is 0 Å². The van der Waals surface area contributed by atoms with Gasteiger partial charge in [-0.1, -0.05) is 37.1 Å². The van der Waals surface area contributed by atoms with Gasteiger partial charge < -0.3 is 5.32 Å². The molecule has 90 valence electrons. The highest BCUT2D eigenvalue weighted by molar-refractivity contribution is 5.77. The molecule has 0 heterocycles. The molecule has 0 atom stereocenters. The van der Waals surface area contributed by atoms with Crippen LogP contribution >= 0.6 is 0 Å². The van der Waals surface area contributed by atoms with Gasteiger partial charge in [-0.2, -0.15) is 0 Å². The Morgan fingerprint density at radius 3 is 2.59 bits per heavy atom. The van der Waals surface area contributed by atoms with Crippen molar-refractivity contribution in [2.45, 2.75) is 44.4 Å². The second-order valence-corrected chi connectivity index (χ2v) is 5.56. The standard InChI is InChI=1S/C16H21N/c1-12(17-2)14-11-16(9-5-6-10-16)15-8-4-3-7-13(14)15/h3-4,7-8,17H,5-6,9-11H2,1-2H3/b14-12-. The molecular formula is C16H21N. The Balaban J connectivity index is 2.16. The van der Waals surface area contributed by atoms with Gasteiger partial charge in [0, 0.05) is 18.2 Å². The molecule has 1 aromatic rings. The zero-order valence-corrected chi connectivity index (χ0v) is 10.8. The third-order valence-corrected chi connectivity index (χ3v) is 4.73. The maximum absolute atomic E-state index is 3.33. The molecule has 0 aliphatic heterocycles. The first-order chi connectivity index (χ1) is 8.27. The second-order valence-electron chi connectivity index (χ2n) is 5.56. The van der Waals surface area contributed by atoms with Crippen LogP contribution in [0.5, 0.6) is 0 Å². The molecule has 1 fully saturated rings. The number of benzene rings is 1. The number of rotatable bonds is 1. The van der Waals surface area contributed by atoms with Gasteiger partial charge in [0.1, 0.15) is 0 Å². The van der Waals surface area contributed by atoms with E-state index < -0.39 is 0 Å². The van der Waals surface area contributed by atoms with Crippen molar-refractivity contribution in [3.63, 3.8) is 0 Å². The zero-order valence-electron chi connectivity index (χ0n) is 10.8. The summed E-state index contributed by atoms with van der Waals surface area (Å²) in [7, 11) is 2.03. The Morgan fingerprint density at radius 2 is 1.88 bits per heavy atom. The Hall–Kier alpha value is -1.24. The first kappa shape index (κ1) is 10.9. The van der Waals surface area contributed by atoms with Crippen LogP contribution in [0.1, 0.15) is 50.2 Å². The number of allylic oxidation sites excluding steroid dienone is 2. The van der Waals surface area contributed by atoms with Crippen molar-refractivity contribution in [1.82, 2.24) is 5.32 Å². The summed E-state index contributed by atoms with van der Waals surface area (Å²) in [6.45, 7) is 2.21. The molecule has 0 unspecified atom stereocenters. The van der Waals surface area contributed by atoms with E-state index in [2.05, 4.69) is 36.5 Å². The van der Waals surface area contributed by atoms with E-state index in [-0.39, 0.29) is 0 Å². The highest BCUT2D eigenvalue weighted by atomic mass is 14.8. The largest absolute Gasteiger partial charge is 0.391 e. The van der Waals surface area contributed by atoms with Gasteiger partial charge in [-0.25, -0.2) is 0 Å². The fourth-order valence-corrected chi connectivity index (χ4v) is 3.72. The van der Waals surface area contributed by atoms with Crippen molar-refractivity contribution in [3.8, 4) is 0 Å². The minimum atomic E-state index is 0.476. The van der Waals surface area contributed by atoms with Gasteiger partial charge in [0.05, 0.1) is 0 Å². The normalized spacial score (nSPS) is 23.9. The van der Waals surface area contributed by atoms with E-state index >= 15 is 0 Å². The summed E-state index contributed by atoms with van der Waals surface area (Å²) in [4.78, 5) is 0. The number of nitrogens with one attached hydrogen (secondary N) is 1. The van der Waals surface area contributed by atoms with Gasteiger partial charge in [-0.05, 0) is 42.9 Å². The van der Waals surface area contributed by atoms with Gasteiger partial charge in [0.25, 0.3) is 0 Å². The Kier molecular flexibility index (Phi) is 2.50. The number of fused-ring (bicyclic) bond motifs is 2. The van der Waals surface area contributed by atoms with E-state index in [1.165, 1.54) is 43.4 Å². The molecule has 0 amide bonds. The lowest BCUT2D eigenvalue weighted by Gasteiger charge is -2.23. The van der Waals surface area contributed by atoms with E-state index in [0.29, 0.717) is 5.41 Å². The van der Waals surface area contributed by atoms with Crippen LogP contribution in [0.25, 0.3) is 5.57 Å². The fourth-order valence-electron chi connectivity index (χ4n) is 3.72. The van der Waals surface area contributed by atoms with Crippen LogP contribution < -0.4 is 5.32 Å². The van der Waals surface area contributed by atoms with Crippen LogP contribution in [0.4, 0.5) is 0 Å². The molecule has 0 aromatic heterocycles. The summed E-state index contributed by atoms with van der Waals surface area (Å²) in [5, 5.41) is 3.33. The van der Waals surface area contributed by atoms with Crippen molar-refractivity contribution in [3.05, 3.63) is 41.1 Å². The van der Waals surface area contributed by atoms with Gasteiger partial charge in [0.15, 0.2) is 0 Å². The SMILES string of the molecule is CN/C(C)=C1/CC2(CCCC2)c2ccccc21. The second kappa shape index (κ2) is 3.90. The van der Waals surface area contributed by atoms with Crippen LogP contribution in [0.15, 0.2) is 30.0 Å². The Bertz CT molecular complexity index is 464. The lowest BCUT2D eigenvalue weighted by Crippen LogP contribution is -2.17. The minimum absolute atomic E-state index is 0.476. The molecule has 2 aliphatic rings. The fraction of sp³-hybridized carbons (Fsp3) is 0.500. The topological polar surface area (TPSA) is 12.0 Å². The highest BCUT2D eigenvalue weighted by Gasteiger charge is 2.43. The monoisotopic (exact) mass is 227 g/mol. The molecule has 0 bridgehead atoms. The molecule has 0 radical (unpaired) electrons. The average molecular weight is 227 g/mol. The first-order valence-electron chi connectivity index (χ1n) is 6.74. The van der Waals surface area contributed by atoms with E-state index in [4.69, 9.17) is 0 Å². The van der Waals surface area contributed by atoms with Crippen molar-refractivity contribution in [1.29, 1.82) is 0 Å². The van der Waals surface area contributed by atoms with Crippen LogP contribution in [0.2, 0.25) is 0 Å². The van der Waals surface area contributed by atoms with Crippen LogP contribution in [0, 0.1) is 0 Å². The van der Waals surface area contributed by atoms with Crippen molar-refractivity contribution in [2.24, 2.45) is 0 Å². The quantitative estimate of drug-likeness (QED) is 0.768. The predicted molar refractivity (Wildman–Crippen MR) is 72.9 cm³/mol. The van der Waals surface area contributed by atoms with E-state index in [1.807, 2.05) is 7.05 Å². The Morgan fingerprint density at radius 1 is 1.18 bits per heavy atom. The average Bonchev–Trinajstić information content (AvgIpc) is 2.97. The molecular weight excluding hydrogens is 206 g/mol. The van der Waals surface area contributed by atoms with Crippen LogP contribution in [0.3, 0.4) is 0 Å². The van der Waals surface area contributed by atoms with Gasteiger partial charge in [-0.15, -0.1) is 0 Å². The lowest BCUT2D eigenvalue weighted by atomic mass is 9.80. The third-order valence-electron chi connectivity index (χ3n) is 4.73. The molecule has 1 spiro atoms. The van der Waals surface area contributed by atoms with Crippen molar-refractivity contribution >= 4 is 5.57 Å². The smallest absolute Gasteiger partial charge is 0.0111 e. The summed E-state index contributed by atoms with van der Waals surface area (Å²) in [5.74, 6) is 0. The zero-order chi connectivity index (χ0) is 11.9. The third kappa shape index (κ3) is 1.52. The van der Waals surface area contributed by atoms with Crippen molar-refractivity contribution in [2.75, 3.05) is 7.05 Å². The molecule has 1 aromatic carbocycles. The maximum atomic E-state index is 3.33. The van der Waals surface area contributed by atoms with Gasteiger partial charge in [0.2, 0.25) is 0 Å². The molecule has 1 heteroatoms. The summed E-state index contributed by atoms with van der Waals surface area (Å²) < 4.78 is 0. The molecule has 2 aliphatic carbocycles. The highest BCUT2D eigenvalue weighted by Crippen LogP contribution is 2.54. The summed E-state index contributed by atoms with van der Waals surface area (Å²) in [5.41, 5.74) is 6.49. The molecule has 1 saturated carbocycles. The van der Waals surface area contributed by atoms with E-state index in [1.54, 1.807) is 11.1 Å². The van der Waals surface area contributed by atoms with Gasteiger partial charge in [-0.3, -0.25) is 0 Å². The Labute approximate surface area is 104 Å². The van der Waals surface area contributed by atoms with Crippen LogP contribution in [-0.2, 0) is 5.41 Å². The summed E-state index contributed by atoms with van der Waals surface area (Å²) >= 11 is 0. The number of hydrogen-bond acceptors (Lipinski definition) is 1. The molecule has 1 N–H and O–H groups in total. The summed E-state index contributed by atoms with van der Waals surface area (Å²) in [6.07, 6.45) is 6.81. The van der Waals surface area contributed by atoms with E-state index in [0.717, 1.165) is 0 Å². The molecule has 0 saturated heterocycles. The molecule has 1 nitrogen and oxygen atoms in total. The lowest BCUT2D eigenvalue weighted by molar-refractivity contribution is 0.468. The minimum Gasteiger partial charge on any atom is -0.391 e. The molecule has 3 rings (SSSR count). The predicted octanol–water partition coefficient (Wildman–Crippen LogP) is 3.85. The maximum Gasteiger partial charge on any atom is 0.0111 e. The number of hydrogen-bond donors (Lipinski definition) is 1. The van der Waals surface area contributed by atoms with Crippen LogP contribution in [-0.4, -0.2) is 7.05 Å². The van der Waals surface area contributed by atoms with Crippen molar-refractivity contribution < 1.29 is 0 Å². The summed E-state index contributed by atoms with van der Waals surface area (Å²) in [6, 6.07) is 9.04.